The Kier molecular flexibility index (Phi) is 7.87. The van der Waals surface area contributed by atoms with E-state index in [1.165, 1.54) is 19.1 Å². The summed E-state index contributed by atoms with van der Waals surface area (Å²) in [5.41, 5.74) is -2.88. The maximum atomic E-state index is 12.8. The van der Waals surface area contributed by atoms with Gasteiger partial charge < -0.3 is 14.9 Å². The molecular formula is C21H29F3O5. The molecule has 0 radical (unpaired) electrons. The van der Waals surface area contributed by atoms with Crippen molar-refractivity contribution >= 4 is 11.9 Å². The number of aliphatic carboxylic acids is 1. The van der Waals surface area contributed by atoms with Crippen molar-refractivity contribution in [3.05, 3.63) is 35.4 Å². The van der Waals surface area contributed by atoms with Crippen LogP contribution in [0.5, 0.6) is 0 Å². The number of esters is 1. The fourth-order valence-electron chi connectivity index (χ4n) is 3.08. The Morgan fingerprint density at radius 2 is 1.59 bits per heavy atom. The third kappa shape index (κ3) is 6.45. The summed E-state index contributed by atoms with van der Waals surface area (Å²) in [6.45, 7) is 7.22. The van der Waals surface area contributed by atoms with Crippen LogP contribution in [-0.2, 0) is 20.5 Å². The summed E-state index contributed by atoms with van der Waals surface area (Å²) in [4.78, 5) is 24.6. The van der Waals surface area contributed by atoms with E-state index in [2.05, 4.69) is 0 Å². The van der Waals surface area contributed by atoms with Crippen molar-refractivity contribution in [2.75, 3.05) is 6.61 Å². The molecule has 5 nitrogen and oxygen atoms in total. The predicted molar refractivity (Wildman–Crippen MR) is 101 cm³/mol. The van der Waals surface area contributed by atoms with Gasteiger partial charge in [-0.3, -0.25) is 9.59 Å². The van der Waals surface area contributed by atoms with E-state index in [1.54, 1.807) is 27.7 Å². The van der Waals surface area contributed by atoms with Crippen LogP contribution in [0.4, 0.5) is 13.2 Å². The molecular weight excluding hydrogens is 389 g/mol. The number of benzene rings is 1. The third-order valence-electron chi connectivity index (χ3n) is 5.00. The van der Waals surface area contributed by atoms with Crippen LogP contribution in [0.15, 0.2) is 24.3 Å². The van der Waals surface area contributed by atoms with Gasteiger partial charge in [-0.25, -0.2) is 0 Å². The van der Waals surface area contributed by atoms with Gasteiger partial charge >= 0.3 is 18.1 Å². The van der Waals surface area contributed by atoms with Gasteiger partial charge in [0.2, 0.25) is 0 Å². The molecule has 0 spiro atoms. The quantitative estimate of drug-likeness (QED) is 0.602. The van der Waals surface area contributed by atoms with Crippen molar-refractivity contribution in [1.82, 2.24) is 0 Å². The summed E-state index contributed by atoms with van der Waals surface area (Å²) in [6, 6.07) is 4.59. The van der Waals surface area contributed by atoms with E-state index in [1.807, 2.05) is 0 Å². The minimum absolute atomic E-state index is 0.0140. The molecule has 29 heavy (non-hydrogen) atoms. The standard InChI is InChI=1S/C21H29F3O5/c1-6-13(14-7-9-15(10-8-14)21(22,23)24)11-16(17(26)29-19(2,3)4)20(5,12-25)18(27)28/h7-10,13,16,25H,6,11-12H2,1-5H3,(H,27,28)/t13?,16-,20-/m1/s1. The summed E-state index contributed by atoms with van der Waals surface area (Å²) in [5.74, 6) is -3.68. The van der Waals surface area contributed by atoms with E-state index in [0.29, 0.717) is 12.0 Å². The molecule has 8 heteroatoms. The van der Waals surface area contributed by atoms with Crippen LogP contribution in [0.3, 0.4) is 0 Å². The fourth-order valence-corrected chi connectivity index (χ4v) is 3.08. The number of carboxylic acids is 1. The lowest BCUT2D eigenvalue weighted by atomic mass is 9.71. The van der Waals surface area contributed by atoms with Gasteiger partial charge in [-0.15, -0.1) is 0 Å². The summed E-state index contributed by atoms with van der Waals surface area (Å²) >= 11 is 0. The maximum Gasteiger partial charge on any atom is 0.416 e. The van der Waals surface area contributed by atoms with E-state index in [4.69, 9.17) is 4.74 Å². The molecule has 0 aliphatic heterocycles. The average molecular weight is 418 g/mol. The zero-order valence-electron chi connectivity index (χ0n) is 17.3. The van der Waals surface area contributed by atoms with Crippen molar-refractivity contribution in [2.45, 2.75) is 65.2 Å². The van der Waals surface area contributed by atoms with Crippen LogP contribution < -0.4 is 0 Å². The smallest absolute Gasteiger partial charge is 0.416 e. The second kappa shape index (κ2) is 9.15. The predicted octanol–water partition coefficient (Wildman–Crippen LogP) is 4.63. The first-order chi connectivity index (χ1) is 13.2. The van der Waals surface area contributed by atoms with Crippen LogP contribution in [0.2, 0.25) is 0 Å². The van der Waals surface area contributed by atoms with Gasteiger partial charge in [-0.05, 0) is 64.2 Å². The highest BCUT2D eigenvalue weighted by molar-refractivity contribution is 5.84. The number of carboxylic acid groups (broad SMARTS) is 1. The monoisotopic (exact) mass is 418 g/mol. The zero-order valence-corrected chi connectivity index (χ0v) is 17.3. The molecule has 0 aromatic heterocycles. The van der Waals surface area contributed by atoms with Crippen molar-refractivity contribution < 1.29 is 37.7 Å². The molecule has 164 valence electrons. The number of hydrogen-bond donors (Lipinski definition) is 2. The summed E-state index contributed by atoms with van der Waals surface area (Å²) < 4.78 is 43.8. The Morgan fingerprint density at radius 3 is 1.93 bits per heavy atom. The highest BCUT2D eigenvalue weighted by Crippen LogP contribution is 2.39. The minimum Gasteiger partial charge on any atom is -0.481 e. The van der Waals surface area contributed by atoms with Crippen molar-refractivity contribution in [1.29, 1.82) is 0 Å². The van der Waals surface area contributed by atoms with Crippen molar-refractivity contribution in [2.24, 2.45) is 11.3 Å². The second-order valence-corrected chi connectivity index (χ2v) is 8.43. The molecule has 0 bridgehead atoms. The van der Waals surface area contributed by atoms with Gasteiger partial charge in [0.1, 0.15) is 11.0 Å². The molecule has 1 aromatic rings. The highest BCUT2D eigenvalue weighted by atomic mass is 19.4. The Morgan fingerprint density at radius 1 is 1.07 bits per heavy atom. The van der Waals surface area contributed by atoms with Gasteiger partial charge in [0, 0.05) is 0 Å². The van der Waals surface area contributed by atoms with Gasteiger partial charge in [-0.1, -0.05) is 19.1 Å². The molecule has 0 saturated heterocycles. The van der Waals surface area contributed by atoms with Crippen LogP contribution in [0.1, 0.15) is 64.5 Å². The Balaban J connectivity index is 3.27. The maximum absolute atomic E-state index is 12.8. The largest absolute Gasteiger partial charge is 0.481 e. The van der Waals surface area contributed by atoms with Crippen LogP contribution in [0.25, 0.3) is 0 Å². The van der Waals surface area contributed by atoms with Crippen LogP contribution in [0, 0.1) is 11.3 Å². The first-order valence-corrected chi connectivity index (χ1v) is 9.40. The number of aliphatic hydroxyl groups excluding tert-OH is 1. The van der Waals surface area contributed by atoms with Crippen LogP contribution in [-0.4, -0.2) is 34.4 Å². The van der Waals surface area contributed by atoms with E-state index < -0.39 is 47.2 Å². The first-order valence-electron chi connectivity index (χ1n) is 9.40. The molecule has 0 fully saturated rings. The SMILES string of the molecule is CCC(C[C@H](C(=O)OC(C)(C)C)[C@@](C)(CO)C(=O)O)c1ccc(C(F)(F)F)cc1. The number of rotatable bonds is 8. The number of halogens is 3. The summed E-state index contributed by atoms with van der Waals surface area (Å²) in [5, 5.41) is 19.4. The third-order valence-corrected chi connectivity index (χ3v) is 5.00. The molecule has 0 aliphatic rings. The van der Waals surface area contributed by atoms with E-state index in [-0.39, 0.29) is 12.3 Å². The van der Waals surface area contributed by atoms with E-state index in [0.717, 1.165) is 12.1 Å². The summed E-state index contributed by atoms with van der Waals surface area (Å²) in [6.07, 6.45) is -3.98. The molecule has 0 saturated carbocycles. The van der Waals surface area contributed by atoms with Gasteiger partial charge in [0.15, 0.2) is 0 Å². The van der Waals surface area contributed by atoms with Crippen molar-refractivity contribution in [3.63, 3.8) is 0 Å². The number of ether oxygens (including phenoxy) is 1. The molecule has 0 amide bonds. The Labute approximate surface area is 168 Å². The number of alkyl halides is 3. The normalized spacial score (nSPS) is 16.6. The lowest BCUT2D eigenvalue weighted by Gasteiger charge is -2.35. The number of carbonyl (C=O) groups is 2. The number of aliphatic hydroxyl groups is 1. The fraction of sp³-hybridized carbons (Fsp3) is 0.619. The number of carbonyl (C=O) groups excluding carboxylic acids is 1. The first kappa shape index (κ1) is 24.9. The molecule has 1 unspecified atom stereocenters. The van der Waals surface area contributed by atoms with E-state index in [9.17, 15) is 33.0 Å². The lowest BCUT2D eigenvalue weighted by molar-refractivity contribution is -0.175. The van der Waals surface area contributed by atoms with Crippen molar-refractivity contribution in [3.8, 4) is 0 Å². The molecule has 2 N–H and O–H groups in total. The van der Waals surface area contributed by atoms with E-state index >= 15 is 0 Å². The molecule has 1 rings (SSSR count). The van der Waals surface area contributed by atoms with Gasteiger partial charge in [-0.2, -0.15) is 13.2 Å². The van der Waals surface area contributed by atoms with Crippen LogP contribution >= 0.6 is 0 Å². The zero-order chi connectivity index (χ0) is 22.6. The average Bonchev–Trinajstić information content (AvgIpc) is 2.59. The number of hydrogen-bond acceptors (Lipinski definition) is 4. The molecule has 0 heterocycles. The topological polar surface area (TPSA) is 83.8 Å². The second-order valence-electron chi connectivity index (χ2n) is 8.43. The van der Waals surface area contributed by atoms with Gasteiger partial charge in [0.05, 0.1) is 18.1 Å². The summed E-state index contributed by atoms with van der Waals surface area (Å²) in [7, 11) is 0. The lowest BCUT2D eigenvalue weighted by Crippen LogP contribution is -2.46. The van der Waals surface area contributed by atoms with Gasteiger partial charge in [0.25, 0.3) is 0 Å². The molecule has 1 aromatic carbocycles. The highest BCUT2D eigenvalue weighted by Gasteiger charge is 2.47. The minimum atomic E-state index is -4.46. The Bertz CT molecular complexity index is 707. The Hall–Kier alpha value is -2.09. The molecule has 3 atom stereocenters. The molecule has 0 aliphatic carbocycles.